The summed E-state index contributed by atoms with van der Waals surface area (Å²) in [5.74, 6) is 0.991. The van der Waals surface area contributed by atoms with Gasteiger partial charge in [-0.1, -0.05) is 20.3 Å². The summed E-state index contributed by atoms with van der Waals surface area (Å²) in [4.78, 5) is 13.9. The zero-order valence-corrected chi connectivity index (χ0v) is 12.9. The fourth-order valence-electron chi connectivity index (χ4n) is 3.36. The molecule has 1 amide bonds. The second-order valence-corrected chi connectivity index (χ2v) is 5.78. The largest absolute Gasteiger partial charge is 0.359 e. The van der Waals surface area contributed by atoms with Crippen molar-refractivity contribution in [3.05, 3.63) is 0 Å². The van der Waals surface area contributed by atoms with E-state index in [1.54, 1.807) is 7.05 Å². The molecule has 0 radical (unpaired) electrons. The zero-order valence-electron chi connectivity index (χ0n) is 12.9. The van der Waals surface area contributed by atoms with Crippen molar-refractivity contribution in [1.82, 2.24) is 10.2 Å². The van der Waals surface area contributed by atoms with Crippen molar-refractivity contribution in [2.45, 2.75) is 57.9 Å². The summed E-state index contributed by atoms with van der Waals surface area (Å²) in [6.45, 7) is 6.97. The van der Waals surface area contributed by atoms with Gasteiger partial charge in [-0.2, -0.15) is 0 Å². The maximum Gasteiger partial charge on any atom is 0.221 e. The van der Waals surface area contributed by atoms with Crippen LogP contribution in [-0.2, 0) is 4.79 Å². The Labute approximate surface area is 118 Å². The highest BCUT2D eigenvalue weighted by molar-refractivity contribution is 5.75. The molecule has 0 heterocycles. The van der Waals surface area contributed by atoms with Crippen molar-refractivity contribution in [3.63, 3.8) is 0 Å². The first-order valence-electron chi connectivity index (χ1n) is 7.77. The van der Waals surface area contributed by atoms with Gasteiger partial charge in [-0.05, 0) is 38.1 Å². The third-order valence-corrected chi connectivity index (χ3v) is 4.93. The lowest BCUT2D eigenvalue weighted by atomic mass is 9.74. The summed E-state index contributed by atoms with van der Waals surface area (Å²) < 4.78 is 0. The third kappa shape index (κ3) is 4.18. The Balaban J connectivity index is 2.62. The van der Waals surface area contributed by atoms with Gasteiger partial charge in [-0.3, -0.25) is 9.69 Å². The summed E-state index contributed by atoms with van der Waals surface area (Å²) in [5.41, 5.74) is 6.23. The molecule has 1 rings (SSSR count). The molecule has 0 aromatic carbocycles. The van der Waals surface area contributed by atoms with E-state index in [4.69, 9.17) is 5.73 Å². The number of nitrogens with zero attached hydrogens (tertiary/aromatic N) is 1. The molecule has 0 spiro atoms. The third-order valence-electron chi connectivity index (χ3n) is 4.93. The molecule has 1 fully saturated rings. The van der Waals surface area contributed by atoms with E-state index in [9.17, 15) is 4.79 Å². The lowest BCUT2D eigenvalue weighted by molar-refractivity contribution is -0.121. The Morgan fingerprint density at radius 2 is 2.00 bits per heavy atom. The van der Waals surface area contributed by atoms with Crippen molar-refractivity contribution in [3.8, 4) is 0 Å². The fourth-order valence-corrected chi connectivity index (χ4v) is 3.36. The number of hydrogen-bond acceptors (Lipinski definition) is 3. The lowest BCUT2D eigenvalue weighted by Gasteiger charge is -2.47. The van der Waals surface area contributed by atoms with Crippen LogP contribution in [0.25, 0.3) is 0 Å². The molecule has 0 saturated heterocycles. The molecule has 0 atom stereocenters. The predicted octanol–water partition coefficient (Wildman–Crippen LogP) is 1.74. The van der Waals surface area contributed by atoms with Crippen molar-refractivity contribution in [2.75, 3.05) is 26.7 Å². The lowest BCUT2D eigenvalue weighted by Crippen LogP contribution is -2.56. The number of nitrogens with one attached hydrogen (secondary N) is 1. The number of likely N-dealkylation sites (N-methyl/N-ethyl adjacent to an activating group) is 1. The van der Waals surface area contributed by atoms with Gasteiger partial charge in [0, 0.05) is 32.1 Å². The van der Waals surface area contributed by atoms with Gasteiger partial charge in [0.05, 0.1) is 0 Å². The summed E-state index contributed by atoms with van der Waals surface area (Å²) in [7, 11) is 1.70. The van der Waals surface area contributed by atoms with Crippen LogP contribution in [0.15, 0.2) is 0 Å². The molecule has 1 aliphatic rings. The molecule has 1 saturated carbocycles. The van der Waals surface area contributed by atoms with Crippen LogP contribution in [0.4, 0.5) is 0 Å². The second kappa shape index (κ2) is 7.85. The van der Waals surface area contributed by atoms with Gasteiger partial charge >= 0.3 is 0 Å². The van der Waals surface area contributed by atoms with E-state index in [1.807, 2.05) is 0 Å². The first-order chi connectivity index (χ1) is 9.11. The second-order valence-electron chi connectivity index (χ2n) is 5.78. The van der Waals surface area contributed by atoms with Crippen LogP contribution in [0, 0.1) is 5.92 Å². The Morgan fingerprint density at radius 1 is 1.37 bits per heavy atom. The number of carbonyl (C=O) groups excluding carboxylic acids is 1. The summed E-state index contributed by atoms with van der Waals surface area (Å²) in [6.07, 6.45) is 6.79. The predicted molar refractivity (Wildman–Crippen MR) is 80.0 cm³/mol. The van der Waals surface area contributed by atoms with E-state index in [1.165, 1.54) is 32.1 Å². The van der Waals surface area contributed by atoms with Gasteiger partial charge in [0.1, 0.15) is 0 Å². The molecule has 4 nitrogen and oxygen atoms in total. The number of hydrogen-bond donors (Lipinski definition) is 2. The van der Waals surface area contributed by atoms with E-state index < -0.39 is 0 Å². The molecule has 4 heteroatoms. The highest BCUT2D eigenvalue weighted by atomic mass is 16.1. The molecule has 0 unspecified atom stereocenters. The Kier molecular flexibility index (Phi) is 6.80. The normalized spacial score (nSPS) is 27.5. The highest BCUT2D eigenvalue weighted by Crippen LogP contribution is 2.37. The quantitative estimate of drug-likeness (QED) is 0.740. The monoisotopic (exact) mass is 269 g/mol. The summed E-state index contributed by atoms with van der Waals surface area (Å²) in [5, 5.41) is 2.70. The average molecular weight is 269 g/mol. The van der Waals surface area contributed by atoms with E-state index in [0.29, 0.717) is 13.0 Å². The summed E-state index contributed by atoms with van der Waals surface area (Å²) in [6, 6.07) is 0. The molecule has 0 bridgehead atoms. The topological polar surface area (TPSA) is 58.4 Å². The van der Waals surface area contributed by atoms with Crippen molar-refractivity contribution in [1.29, 1.82) is 0 Å². The van der Waals surface area contributed by atoms with Gasteiger partial charge in [-0.15, -0.1) is 0 Å². The summed E-state index contributed by atoms with van der Waals surface area (Å²) >= 11 is 0. The van der Waals surface area contributed by atoms with Crippen LogP contribution >= 0.6 is 0 Å². The molecule has 0 aromatic heterocycles. The van der Waals surface area contributed by atoms with Crippen LogP contribution in [0.2, 0.25) is 0 Å². The van der Waals surface area contributed by atoms with Gasteiger partial charge in [0.15, 0.2) is 0 Å². The van der Waals surface area contributed by atoms with Gasteiger partial charge in [0.25, 0.3) is 0 Å². The number of amides is 1. The smallest absolute Gasteiger partial charge is 0.221 e. The first kappa shape index (κ1) is 16.4. The van der Waals surface area contributed by atoms with Crippen LogP contribution in [0.1, 0.15) is 52.4 Å². The number of nitrogens with two attached hydrogens (primary N) is 1. The van der Waals surface area contributed by atoms with Crippen LogP contribution < -0.4 is 11.1 Å². The fraction of sp³-hybridized carbons (Fsp3) is 0.933. The molecular weight excluding hydrogens is 238 g/mol. The minimum Gasteiger partial charge on any atom is -0.359 e. The molecule has 0 aromatic rings. The van der Waals surface area contributed by atoms with Crippen molar-refractivity contribution < 1.29 is 4.79 Å². The Hall–Kier alpha value is -0.610. The van der Waals surface area contributed by atoms with Crippen LogP contribution in [0.5, 0.6) is 0 Å². The highest BCUT2D eigenvalue weighted by Gasteiger charge is 2.38. The van der Waals surface area contributed by atoms with Gasteiger partial charge < -0.3 is 11.1 Å². The van der Waals surface area contributed by atoms with E-state index in [0.717, 1.165) is 19.0 Å². The maximum absolute atomic E-state index is 11.4. The standard InChI is InChI=1S/C15H31N3O/c1-4-13-6-9-15(12-16,10-7-13)18(5-2)11-8-14(19)17-3/h13H,4-12,16H2,1-3H3,(H,17,19). The molecule has 112 valence electrons. The van der Waals surface area contributed by atoms with E-state index in [-0.39, 0.29) is 11.4 Å². The molecule has 0 aliphatic heterocycles. The number of carbonyl (C=O) groups is 1. The van der Waals surface area contributed by atoms with Crippen LogP contribution in [0.3, 0.4) is 0 Å². The van der Waals surface area contributed by atoms with Gasteiger partial charge in [0.2, 0.25) is 5.91 Å². The average Bonchev–Trinajstić information content (AvgIpc) is 2.47. The molecular formula is C15H31N3O. The van der Waals surface area contributed by atoms with Gasteiger partial charge in [-0.25, -0.2) is 0 Å². The number of rotatable bonds is 7. The minimum atomic E-state index is 0.118. The SMILES string of the molecule is CCC1CCC(CN)(N(CC)CCC(=O)NC)CC1. The first-order valence-corrected chi connectivity index (χ1v) is 7.77. The molecule has 19 heavy (non-hydrogen) atoms. The molecule has 1 aliphatic carbocycles. The maximum atomic E-state index is 11.4. The Bertz CT molecular complexity index is 273. The van der Waals surface area contributed by atoms with E-state index >= 15 is 0 Å². The Morgan fingerprint density at radius 3 is 2.42 bits per heavy atom. The molecule has 3 N–H and O–H groups in total. The minimum absolute atomic E-state index is 0.118. The van der Waals surface area contributed by atoms with E-state index in [2.05, 4.69) is 24.1 Å². The van der Waals surface area contributed by atoms with Crippen molar-refractivity contribution in [2.24, 2.45) is 11.7 Å². The van der Waals surface area contributed by atoms with Crippen LogP contribution in [-0.4, -0.2) is 43.0 Å². The zero-order chi connectivity index (χ0) is 14.3. The van der Waals surface area contributed by atoms with Crippen molar-refractivity contribution >= 4 is 5.91 Å².